The number of hydrogen-bond acceptors (Lipinski definition) is 3. The van der Waals surface area contributed by atoms with Crippen molar-refractivity contribution >= 4 is 0 Å². The molecule has 1 saturated heterocycles. The van der Waals surface area contributed by atoms with Crippen molar-refractivity contribution in [3.8, 4) is 5.75 Å². The zero-order valence-electron chi connectivity index (χ0n) is 13.2. The quantitative estimate of drug-likeness (QED) is 0.896. The standard InChI is InChI=1S/C17H28N2O/c1-5-15-9-6-12(2)19(15)13(3)17(18)14-7-10-16(20-4)11-8-14/h7-8,10-13,15,17H,5-6,9,18H2,1-4H3. The third kappa shape index (κ3) is 2.99. The lowest BCUT2D eigenvalue weighted by Crippen LogP contribution is -2.46. The lowest BCUT2D eigenvalue weighted by Gasteiger charge is -2.37. The van der Waals surface area contributed by atoms with Crippen LogP contribution in [0.3, 0.4) is 0 Å². The van der Waals surface area contributed by atoms with Gasteiger partial charge in [0.25, 0.3) is 0 Å². The number of benzene rings is 1. The molecule has 0 radical (unpaired) electrons. The Morgan fingerprint density at radius 3 is 2.50 bits per heavy atom. The number of nitrogens with zero attached hydrogens (tertiary/aromatic N) is 1. The van der Waals surface area contributed by atoms with Gasteiger partial charge < -0.3 is 10.5 Å². The van der Waals surface area contributed by atoms with E-state index in [9.17, 15) is 0 Å². The number of likely N-dealkylation sites (tertiary alicyclic amines) is 1. The Kier molecular flexibility index (Phi) is 5.06. The van der Waals surface area contributed by atoms with E-state index < -0.39 is 0 Å². The minimum Gasteiger partial charge on any atom is -0.497 e. The Balaban J connectivity index is 2.12. The largest absolute Gasteiger partial charge is 0.497 e. The Bertz CT molecular complexity index is 418. The van der Waals surface area contributed by atoms with Crippen LogP contribution in [0.1, 0.15) is 51.6 Å². The fourth-order valence-corrected chi connectivity index (χ4v) is 3.53. The number of ether oxygens (including phenoxy) is 1. The highest BCUT2D eigenvalue weighted by atomic mass is 16.5. The molecule has 1 aliphatic rings. The summed E-state index contributed by atoms with van der Waals surface area (Å²) in [6.07, 6.45) is 3.81. The van der Waals surface area contributed by atoms with E-state index in [0.717, 1.165) is 5.75 Å². The minimum absolute atomic E-state index is 0.0514. The van der Waals surface area contributed by atoms with Crippen LogP contribution in [0, 0.1) is 0 Å². The van der Waals surface area contributed by atoms with E-state index in [4.69, 9.17) is 10.5 Å². The minimum atomic E-state index is 0.0514. The van der Waals surface area contributed by atoms with Crippen molar-refractivity contribution in [1.29, 1.82) is 0 Å². The highest BCUT2D eigenvalue weighted by Crippen LogP contribution is 2.32. The molecule has 1 aliphatic heterocycles. The molecule has 0 aliphatic carbocycles. The smallest absolute Gasteiger partial charge is 0.118 e. The fourth-order valence-electron chi connectivity index (χ4n) is 3.53. The highest BCUT2D eigenvalue weighted by molar-refractivity contribution is 5.29. The van der Waals surface area contributed by atoms with Gasteiger partial charge in [-0.05, 0) is 50.8 Å². The highest BCUT2D eigenvalue weighted by Gasteiger charge is 2.35. The van der Waals surface area contributed by atoms with Gasteiger partial charge in [-0.3, -0.25) is 4.90 Å². The van der Waals surface area contributed by atoms with Gasteiger partial charge in [-0.2, -0.15) is 0 Å². The second-order valence-electron chi connectivity index (χ2n) is 5.98. The van der Waals surface area contributed by atoms with Crippen molar-refractivity contribution in [1.82, 2.24) is 4.90 Å². The molecule has 1 aromatic rings. The van der Waals surface area contributed by atoms with Crippen LogP contribution < -0.4 is 10.5 Å². The Morgan fingerprint density at radius 2 is 1.95 bits per heavy atom. The molecule has 0 saturated carbocycles. The summed E-state index contributed by atoms with van der Waals surface area (Å²) in [5.74, 6) is 0.884. The van der Waals surface area contributed by atoms with Crippen LogP contribution >= 0.6 is 0 Å². The molecule has 0 aromatic heterocycles. The molecule has 4 unspecified atom stereocenters. The summed E-state index contributed by atoms with van der Waals surface area (Å²) in [4.78, 5) is 2.62. The lowest BCUT2D eigenvalue weighted by molar-refractivity contribution is 0.124. The number of nitrogens with two attached hydrogens (primary N) is 1. The maximum absolute atomic E-state index is 6.51. The second-order valence-corrected chi connectivity index (χ2v) is 5.98. The molecule has 0 amide bonds. The molecule has 4 atom stereocenters. The summed E-state index contributed by atoms with van der Waals surface area (Å²) in [6.45, 7) is 6.87. The molecular formula is C17H28N2O. The van der Waals surface area contributed by atoms with Crippen LogP contribution in [0.25, 0.3) is 0 Å². The number of rotatable bonds is 5. The van der Waals surface area contributed by atoms with Crippen LogP contribution in [0.5, 0.6) is 5.75 Å². The first-order chi connectivity index (χ1) is 9.58. The van der Waals surface area contributed by atoms with Gasteiger partial charge in [0.15, 0.2) is 0 Å². The summed E-state index contributed by atoms with van der Waals surface area (Å²) in [7, 11) is 1.69. The summed E-state index contributed by atoms with van der Waals surface area (Å²) in [5.41, 5.74) is 7.69. The summed E-state index contributed by atoms with van der Waals surface area (Å²) in [5, 5.41) is 0. The number of methoxy groups -OCH3 is 1. The van der Waals surface area contributed by atoms with Crippen molar-refractivity contribution in [2.24, 2.45) is 5.73 Å². The van der Waals surface area contributed by atoms with Gasteiger partial charge in [0, 0.05) is 24.2 Å². The van der Waals surface area contributed by atoms with E-state index in [1.54, 1.807) is 7.11 Å². The first-order valence-corrected chi connectivity index (χ1v) is 7.75. The summed E-state index contributed by atoms with van der Waals surface area (Å²) in [6, 6.07) is 9.90. The maximum Gasteiger partial charge on any atom is 0.118 e. The molecule has 0 spiro atoms. The first kappa shape index (κ1) is 15.3. The monoisotopic (exact) mass is 276 g/mol. The Morgan fingerprint density at radius 1 is 1.30 bits per heavy atom. The Labute approximate surface area is 123 Å². The van der Waals surface area contributed by atoms with Gasteiger partial charge in [0.2, 0.25) is 0 Å². The second kappa shape index (κ2) is 6.59. The normalized spacial score (nSPS) is 26.4. The molecule has 3 heteroatoms. The molecule has 2 N–H and O–H groups in total. The molecule has 1 heterocycles. The van der Waals surface area contributed by atoms with Gasteiger partial charge in [-0.15, -0.1) is 0 Å². The average Bonchev–Trinajstić information content (AvgIpc) is 2.86. The zero-order chi connectivity index (χ0) is 14.7. The van der Waals surface area contributed by atoms with E-state index in [-0.39, 0.29) is 6.04 Å². The molecule has 1 fully saturated rings. The van der Waals surface area contributed by atoms with E-state index in [1.807, 2.05) is 12.1 Å². The summed E-state index contributed by atoms with van der Waals surface area (Å²) >= 11 is 0. The van der Waals surface area contributed by atoms with Gasteiger partial charge in [-0.25, -0.2) is 0 Å². The maximum atomic E-state index is 6.51. The van der Waals surface area contributed by atoms with Gasteiger partial charge in [-0.1, -0.05) is 19.1 Å². The molecule has 112 valence electrons. The van der Waals surface area contributed by atoms with Crippen LogP contribution in [-0.2, 0) is 0 Å². The van der Waals surface area contributed by atoms with Crippen LogP contribution in [0.2, 0.25) is 0 Å². The molecule has 0 bridgehead atoms. The molecular weight excluding hydrogens is 248 g/mol. The molecule has 2 rings (SSSR count). The lowest BCUT2D eigenvalue weighted by atomic mass is 9.98. The molecule has 20 heavy (non-hydrogen) atoms. The predicted molar refractivity (Wildman–Crippen MR) is 84.0 cm³/mol. The number of hydrogen-bond donors (Lipinski definition) is 1. The first-order valence-electron chi connectivity index (χ1n) is 7.75. The molecule has 3 nitrogen and oxygen atoms in total. The molecule has 1 aromatic carbocycles. The van der Waals surface area contributed by atoms with Gasteiger partial charge >= 0.3 is 0 Å². The van der Waals surface area contributed by atoms with Crippen molar-refractivity contribution in [2.45, 2.75) is 64.2 Å². The van der Waals surface area contributed by atoms with Crippen LogP contribution in [0.4, 0.5) is 0 Å². The fraction of sp³-hybridized carbons (Fsp3) is 0.647. The Hall–Kier alpha value is -1.06. The predicted octanol–water partition coefficient (Wildman–Crippen LogP) is 3.35. The van der Waals surface area contributed by atoms with Gasteiger partial charge in [0.05, 0.1) is 7.11 Å². The van der Waals surface area contributed by atoms with Crippen LogP contribution in [0.15, 0.2) is 24.3 Å². The zero-order valence-corrected chi connectivity index (χ0v) is 13.2. The van der Waals surface area contributed by atoms with Crippen LogP contribution in [-0.4, -0.2) is 30.1 Å². The van der Waals surface area contributed by atoms with Crippen molar-refractivity contribution in [2.75, 3.05) is 7.11 Å². The van der Waals surface area contributed by atoms with E-state index >= 15 is 0 Å². The third-order valence-electron chi connectivity index (χ3n) is 4.81. The van der Waals surface area contributed by atoms with Crippen molar-refractivity contribution in [3.05, 3.63) is 29.8 Å². The summed E-state index contributed by atoms with van der Waals surface area (Å²) < 4.78 is 5.21. The third-order valence-corrected chi connectivity index (χ3v) is 4.81. The van der Waals surface area contributed by atoms with Crippen molar-refractivity contribution < 1.29 is 4.74 Å². The van der Waals surface area contributed by atoms with Crippen molar-refractivity contribution in [3.63, 3.8) is 0 Å². The SMILES string of the molecule is CCC1CCC(C)N1C(C)C(N)c1ccc(OC)cc1. The van der Waals surface area contributed by atoms with E-state index in [2.05, 4.69) is 37.8 Å². The topological polar surface area (TPSA) is 38.5 Å². The van der Waals surface area contributed by atoms with E-state index in [0.29, 0.717) is 18.1 Å². The van der Waals surface area contributed by atoms with E-state index in [1.165, 1.54) is 24.8 Å². The average molecular weight is 276 g/mol. The van der Waals surface area contributed by atoms with Gasteiger partial charge in [0.1, 0.15) is 5.75 Å².